The summed E-state index contributed by atoms with van der Waals surface area (Å²) in [4.78, 5) is 12.4. The van der Waals surface area contributed by atoms with Gasteiger partial charge in [0.2, 0.25) is 0 Å². The number of hydrogen-bond acceptors (Lipinski definition) is 4. The molecule has 0 aliphatic heterocycles. The fourth-order valence-electron chi connectivity index (χ4n) is 2.52. The molecule has 0 aliphatic rings. The summed E-state index contributed by atoms with van der Waals surface area (Å²) in [6, 6.07) is 6.29. The molecule has 9 heteroatoms. The van der Waals surface area contributed by atoms with Crippen molar-refractivity contribution in [2.75, 3.05) is 5.75 Å². The second-order valence-corrected chi connectivity index (χ2v) is 7.13. The number of Topliss-reactive ketones (excluding diaryl/α,β-unsaturated/α-hetero) is 1. The number of thioether (sulfide) groups is 1. The van der Waals surface area contributed by atoms with Gasteiger partial charge < -0.3 is 0 Å². The van der Waals surface area contributed by atoms with Gasteiger partial charge in [-0.15, -0.1) is 10.2 Å². The number of aryl methyl sites for hydroxylation is 2. The van der Waals surface area contributed by atoms with E-state index in [9.17, 15) is 18.0 Å². The van der Waals surface area contributed by atoms with Gasteiger partial charge in [0.25, 0.3) is 0 Å². The van der Waals surface area contributed by atoms with E-state index in [2.05, 4.69) is 10.2 Å². The Kier molecular flexibility index (Phi) is 4.98. The predicted molar refractivity (Wildman–Crippen MR) is 94.0 cm³/mol. The fourth-order valence-corrected chi connectivity index (χ4v) is 3.56. The summed E-state index contributed by atoms with van der Waals surface area (Å²) in [7, 11) is 0. The molecule has 26 heavy (non-hydrogen) atoms. The van der Waals surface area contributed by atoms with Gasteiger partial charge in [-0.3, -0.25) is 9.20 Å². The molecule has 0 atom stereocenters. The van der Waals surface area contributed by atoms with E-state index in [4.69, 9.17) is 11.6 Å². The van der Waals surface area contributed by atoms with Crippen LogP contribution in [0.2, 0.25) is 5.02 Å². The second kappa shape index (κ2) is 6.92. The summed E-state index contributed by atoms with van der Waals surface area (Å²) in [6.45, 7) is 3.77. The van der Waals surface area contributed by atoms with Crippen molar-refractivity contribution in [1.82, 2.24) is 14.6 Å². The Morgan fingerprint density at radius 3 is 2.62 bits per heavy atom. The van der Waals surface area contributed by atoms with Gasteiger partial charge in [0, 0.05) is 11.8 Å². The van der Waals surface area contributed by atoms with Crippen LogP contribution in [-0.4, -0.2) is 26.1 Å². The van der Waals surface area contributed by atoms with E-state index in [0.717, 1.165) is 39.6 Å². The minimum Gasteiger partial charge on any atom is -0.293 e. The molecular weight excluding hydrogens is 387 g/mol. The van der Waals surface area contributed by atoms with Gasteiger partial charge in [0.1, 0.15) is 0 Å². The normalized spacial score (nSPS) is 11.9. The molecule has 0 bridgehead atoms. The van der Waals surface area contributed by atoms with Crippen LogP contribution in [0, 0.1) is 13.8 Å². The van der Waals surface area contributed by atoms with Crippen LogP contribution in [0.25, 0.3) is 5.65 Å². The first-order valence-corrected chi connectivity index (χ1v) is 8.88. The van der Waals surface area contributed by atoms with Crippen molar-refractivity contribution in [1.29, 1.82) is 0 Å². The largest absolute Gasteiger partial charge is 0.417 e. The van der Waals surface area contributed by atoms with Gasteiger partial charge in [-0.05, 0) is 25.5 Å². The van der Waals surface area contributed by atoms with E-state index in [1.165, 1.54) is 0 Å². The number of benzene rings is 1. The average Bonchev–Trinajstić information content (AvgIpc) is 2.95. The number of pyridine rings is 1. The Balaban J connectivity index is 1.87. The zero-order valence-electron chi connectivity index (χ0n) is 13.8. The van der Waals surface area contributed by atoms with Crippen molar-refractivity contribution in [3.63, 3.8) is 0 Å². The number of halogens is 4. The fraction of sp³-hybridized carbons (Fsp3) is 0.235. The molecule has 0 unspecified atom stereocenters. The molecule has 3 aromatic rings. The third-order valence-electron chi connectivity index (χ3n) is 3.77. The van der Waals surface area contributed by atoms with E-state index in [1.54, 1.807) is 6.07 Å². The SMILES string of the molecule is Cc1ccc(C(=O)CSc2nnc3c(Cl)cc(C(F)(F)F)cn23)c(C)c1. The summed E-state index contributed by atoms with van der Waals surface area (Å²) in [5, 5.41) is 7.68. The number of fused-ring (bicyclic) bond motifs is 1. The third-order valence-corrected chi connectivity index (χ3v) is 4.99. The van der Waals surface area contributed by atoms with Crippen molar-refractivity contribution < 1.29 is 18.0 Å². The van der Waals surface area contributed by atoms with Gasteiger partial charge >= 0.3 is 6.18 Å². The van der Waals surface area contributed by atoms with Crippen molar-refractivity contribution in [3.8, 4) is 0 Å². The van der Waals surface area contributed by atoms with Crippen LogP contribution in [-0.2, 0) is 6.18 Å². The maximum absolute atomic E-state index is 13.0. The first-order valence-electron chi connectivity index (χ1n) is 7.51. The smallest absolute Gasteiger partial charge is 0.293 e. The van der Waals surface area contributed by atoms with Crippen LogP contribution < -0.4 is 0 Å². The van der Waals surface area contributed by atoms with E-state index in [0.29, 0.717) is 5.56 Å². The molecule has 0 saturated carbocycles. The average molecular weight is 400 g/mol. The quantitative estimate of drug-likeness (QED) is 0.458. The highest BCUT2D eigenvalue weighted by Gasteiger charge is 2.32. The molecule has 2 heterocycles. The molecular formula is C17H13ClF3N3OS. The van der Waals surface area contributed by atoms with Gasteiger partial charge in [-0.1, -0.05) is 47.1 Å². The topological polar surface area (TPSA) is 47.3 Å². The highest BCUT2D eigenvalue weighted by molar-refractivity contribution is 7.99. The molecule has 0 N–H and O–H groups in total. The maximum Gasteiger partial charge on any atom is 0.417 e. The zero-order chi connectivity index (χ0) is 19.1. The molecule has 0 spiro atoms. The van der Waals surface area contributed by atoms with Gasteiger partial charge in [0.05, 0.1) is 16.3 Å². The predicted octanol–water partition coefficient (Wildman–Crippen LogP) is 4.99. The van der Waals surface area contributed by atoms with Crippen LogP contribution >= 0.6 is 23.4 Å². The highest BCUT2D eigenvalue weighted by Crippen LogP contribution is 2.33. The van der Waals surface area contributed by atoms with E-state index >= 15 is 0 Å². The summed E-state index contributed by atoms with van der Waals surface area (Å²) in [5.74, 6) is -0.110. The van der Waals surface area contributed by atoms with Crippen LogP contribution in [0.3, 0.4) is 0 Å². The lowest BCUT2D eigenvalue weighted by Gasteiger charge is -2.09. The lowest BCUT2D eigenvalue weighted by Crippen LogP contribution is -2.08. The molecule has 1 aromatic carbocycles. The summed E-state index contributed by atoms with van der Waals surface area (Å²) >= 11 is 6.89. The highest BCUT2D eigenvalue weighted by atomic mass is 35.5. The summed E-state index contributed by atoms with van der Waals surface area (Å²) in [6.07, 6.45) is -3.66. The molecule has 4 nitrogen and oxygen atoms in total. The molecule has 0 saturated heterocycles. The monoisotopic (exact) mass is 399 g/mol. The summed E-state index contributed by atoms with van der Waals surface area (Å²) < 4.78 is 40.1. The van der Waals surface area contributed by atoms with E-state index in [-0.39, 0.29) is 27.4 Å². The number of nitrogens with zero attached hydrogens (tertiary/aromatic N) is 3. The third kappa shape index (κ3) is 3.71. The molecule has 136 valence electrons. The molecule has 0 radical (unpaired) electrons. The lowest BCUT2D eigenvalue weighted by atomic mass is 10.0. The van der Waals surface area contributed by atoms with Crippen molar-refractivity contribution in [2.45, 2.75) is 25.2 Å². The Hall–Kier alpha value is -2.06. The number of aromatic nitrogens is 3. The maximum atomic E-state index is 13.0. The number of ketones is 1. The molecule has 0 fully saturated rings. The van der Waals surface area contributed by atoms with Gasteiger partial charge in [-0.2, -0.15) is 13.2 Å². The second-order valence-electron chi connectivity index (χ2n) is 5.78. The van der Waals surface area contributed by atoms with Crippen molar-refractivity contribution in [3.05, 3.63) is 57.7 Å². The first kappa shape index (κ1) is 18.7. The number of alkyl halides is 3. The standard InChI is InChI=1S/C17H13ClF3N3OS/c1-9-3-4-12(10(2)5-9)14(25)8-26-16-23-22-15-13(18)6-11(7-24(15)16)17(19,20)21/h3-7H,8H2,1-2H3. The number of carbonyl (C=O) groups excluding carboxylic acids is 1. The lowest BCUT2D eigenvalue weighted by molar-refractivity contribution is -0.137. The van der Waals surface area contributed by atoms with Crippen LogP contribution in [0.5, 0.6) is 0 Å². The number of rotatable bonds is 4. The van der Waals surface area contributed by atoms with Gasteiger partial charge in [0.15, 0.2) is 16.6 Å². The summed E-state index contributed by atoms with van der Waals surface area (Å²) in [5.41, 5.74) is 1.68. The Morgan fingerprint density at radius 1 is 1.23 bits per heavy atom. The van der Waals surface area contributed by atoms with Crippen LogP contribution in [0.4, 0.5) is 13.2 Å². The molecule has 0 amide bonds. The molecule has 2 aromatic heterocycles. The van der Waals surface area contributed by atoms with E-state index < -0.39 is 11.7 Å². The van der Waals surface area contributed by atoms with Crippen LogP contribution in [0.15, 0.2) is 35.6 Å². The Labute approximate surface area is 156 Å². The first-order chi connectivity index (χ1) is 12.2. The van der Waals surface area contributed by atoms with Gasteiger partial charge in [-0.25, -0.2) is 0 Å². The zero-order valence-corrected chi connectivity index (χ0v) is 15.3. The minimum atomic E-state index is -4.54. The van der Waals surface area contributed by atoms with Crippen molar-refractivity contribution in [2.24, 2.45) is 0 Å². The van der Waals surface area contributed by atoms with Crippen molar-refractivity contribution >= 4 is 34.8 Å². The number of carbonyl (C=O) groups is 1. The number of hydrogen-bond donors (Lipinski definition) is 0. The Bertz CT molecular complexity index is 1000. The minimum absolute atomic E-state index is 0.0263. The Morgan fingerprint density at radius 2 is 1.96 bits per heavy atom. The van der Waals surface area contributed by atoms with Crippen LogP contribution in [0.1, 0.15) is 27.0 Å². The van der Waals surface area contributed by atoms with E-state index in [1.807, 2.05) is 26.0 Å². The molecule has 0 aliphatic carbocycles. The molecule has 3 rings (SSSR count).